The van der Waals surface area contributed by atoms with Crippen molar-refractivity contribution in [3.63, 3.8) is 0 Å². The lowest BCUT2D eigenvalue weighted by atomic mass is 9.96. The van der Waals surface area contributed by atoms with Gasteiger partial charge in [0.2, 0.25) is 0 Å². The molecule has 0 radical (unpaired) electrons. The van der Waals surface area contributed by atoms with Gasteiger partial charge in [-0.05, 0) is 0 Å². The summed E-state index contributed by atoms with van der Waals surface area (Å²) in [5.41, 5.74) is 5.08. The molecule has 1 aliphatic rings. The molecular weight excluding hydrogens is 313 g/mol. The summed E-state index contributed by atoms with van der Waals surface area (Å²) < 4.78 is 24.9. The van der Waals surface area contributed by atoms with Gasteiger partial charge in [-0.25, -0.2) is 4.57 Å². The second-order valence-corrected chi connectivity index (χ2v) is 5.87. The molecule has 1 heterocycles. The van der Waals surface area contributed by atoms with Crippen molar-refractivity contribution in [2.45, 2.75) is 36.8 Å². The van der Waals surface area contributed by atoms with Crippen LogP contribution in [-0.2, 0) is 18.3 Å². The first kappa shape index (κ1) is 18.9. The van der Waals surface area contributed by atoms with Crippen LogP contribution in [0.1, 0.15) is 0 Å². The maximum Gasteiger partial charge on any atom is 0.472 e. The largest absolute Gasteiger partial charge is 0.472 e. The number of hydrogen-bond donors (Lipinski definition) is 7. The fourth-order valence-corrected chi connectivity index (χ4v) is 2.43. The molecule has 0 saturated carbocycles. The van der Waals surface area contributed by atoms with Gasteiger partial charge in [0.15, 0.2) is 6.29 Å². The fraction of sp³-hybridized carbons (Fsp3) is 1.00. The number of aliphatic hydroxyl groups excluding tert-OH is 5. The van der Waals surface area contributed by atoms with Crippen LogP contribution in [0.4, 0.5) is 0 Å². The molecule has 0 amide bonds. The molecule has 12 heteroatoms. The zero-order valence-corrected chi connectivity index (χ0v) is 11.8. The number of hydrogen-bond acceptors (Lipinski definition) is 10. The second-order valence-electron chi connectivity index (χ2n) is 4.42. The minimum atomic E-state index is -4.43. The van der Waals surface area contributed by atoms with Crippen molar-refractivity contribution in [3.05, 3.63) is 0 Å². The van der Waals surface area contributed by atoms with Gasteiger partial charge in [-0.2, -0.15) is 0 Å². The molecule has 0 aromatic carbocycles. The zero-order chi connectivity index (χ0) is 16.2. The van der Waals surface area contributed by atoms with Crippen molar-refractivity contribution in [1.29, 1.82) is 0 Å². The van der Waals surface area contributed by atoms with Gasteiger partial charge in [-0.15, -0.1) is 0 Å². The third-order valence-electron chi connectivity index (χ3n) is 2.79. The summed E-state index contributed by atoms with van der Waals surface area (Å²) in [5.74, 6) is 0. The van der Waals surface area contributed by atoms with Crippen molar-refractivity contribution >= 4 is 7.82 Å². The van der Waals surface area contributed by atoms with Crippen LogP contribution in [0.15, 0.2) is 0 Å². The molecule has 0 aromatic heterocycles. The van der Waals surface area contributed by atoms with Crippen molar-refractivity contribution in [2.24, 2.45) is 5.73 Å². The van der Waals surface area contributed by atoms with Gasteiger partial charge < -0.3 is 40.9 Å². The molecule has 1 rings (SSSR count). The zero-order valence-electron chi connectivity index (χ0n) is 10.9. The van der Waals surface area contributed by atoms with Crippen molar-refractivity contribution < 1.29 is 48.8 Å². The molecule has 0 aliphatic carbocycles. The van der Waals surface area contributed by atoms with Crippen LogP contribution < -0.4 is 5.73 Å². The first-order valence-corrected chi connectivity index (χ1v) is 7.57. The van der Waals surface area contributed by atoms with E-state index in [9.17, 15) is 35.0 Å². The van der Waals surface area contributed by atoms with E-state index in [-0.39, 0.29) is 13.2 Å². The van der Waals surface area contributed by atoms with Gasteiger partial charge in [0, 0.05) is 6.54 Å². The molecule has 11 nitrogen and oxygen atoms in total. The van der Waals surface area contributed by atoms with Crippen LogP contribution in [-0.4, -0.2) is 87.0 Å². The number of phosphoric acid groups is 1. The van der Waals surface area contributed by atoms with E-state index < -0.39 is 51.2 Å². The molecule has 0 aromatic rings. The molecule has 8 N–H and O–H groups in total. The van der Waals surface area contributed by atoms with Crippen LogP contribution in [0.5, 0.6) is 0 Å². The standard InChI is InChI=1S/C9H20NO10P/c10-1-2-18-21(16,17)19-3-4(11)8-6(13)5(12)7(14)9(15)20-8/h4-9,11-15H,1-3,10H2,(H,16,17)/t4-,5-,6-,7-,8+,9-/m0/s1. The minimum absolute atomic E-state index is 0.0167. The van der Waals surface area contributed by atoms with Gasteiger partial charge in [-0.1, -0.05) is 0 Å². The minimum Gasteiger partial charge on any atom is -0.388 e. The molecular formula is C9H20NO10P. The topological polar surface area (TPSA) is 192 Å². The SMILES string of the molecule is NCCOP(=O)(O)OC[C@H](O)[C@H]1O[C@H](O)[C@@H](O)[C@@H](O)[C@@H]1O. The molecule has 126 valence electrons. The fourth-order valence-electron chi connectivity index (χ4n) is 1.68. The Morgan fingerprint density at radius 1 is 1.14 bits per heavy atom. The Morgan fingerprint density at radius 3 is 2.33 bits per heavy atom. The molecule has 1 unspecified atom stereocenters. The van der Waals surface area contributed by atoms with Gasteiger partial charge in [0.1, 0.15) is 30.5 Å². The normalized spacial score (nSPS) is 38.0. The first-order valence-electron chi connectivity index (χ1n) is 6.07. The quantitative estimate of drug-likeness (QED) is 0.226. The predicted octanol–water partition coefficient (Wildman–Crippen LogP) is -3.76. The highest BCUT2D eigenvalue weighted by Crippen LogP contribution is 2.43. The number of aliphatic hydroxyl groups is 5. The van der Waals surface area contributed by atoms with Crippen LogP contribution in [0.2, 0.25) is 0 Å². The Bertz CT molecular complexity index is 370. The molecule has 1 saturated heterocycles. The van der Waals surface area contributed by atoms with Crippen LogP contribution in [0, 0.1) is 0 Å². The average molecular weight is 333 g/mol. The Morgan fingerprint density at radius 2 is 1.76 bits per heavy atom. The molecule has 0 bridgehead atoms. The third kappa shape index (κ3) is 5.20. The summed E-state index contributed by atoms with van der Waals surface area (Å²) >= 11 is 0. The summed E-state index contributed by atoms with van der Waals surface area (Å²) in [5, 5.41) is 47.3. The van der Waals surface area contributed by atoms with E-state index >= 15 is 0 Å². The van der Waals surface area contributed by atoms with Gasteiger partial charge in [0.05, 0.1) is 13.2 Å². The van der Waals surface area contributed by atoms with E-state index in [0.29, 0.717) is 0 Å². The first-order chi connectivity index (χ1) is 9.69. The number of nitrogens with two attached hydrogens (primary N) is 1. The van der Waals surface area contributed by atoms with Crippen molar-refractivity contribution in [1.82, 2.24) is 0 Å². The molecule has 7 atom stereocenters. The molecule has 21 heavy (non-hydrogen) atoms. The van der Waals surface area contributed by atoms with Crippen LogP contribution in [0.25, 0.3) is 0 Å². The van der Waals surface area contributed by atoms with E-state index in [4.69, 9.17) is 10.5 Å². The Balaban J connectivity index is 2.55. The summed E-state index contributed by atoms with van der Waals surface area (Å²) in [6.45, 7) is -1.04. The number of rotatable bonds is 7. The second kappa shape index (κ2) is 7.90. The van der Waals surface area contributed by atoms with E-state index in [1.807, 2.05) is 0 Å². The number of phosphoric ester groups is 1. The van der Waals surface area contributed by atoms with Crippen LogP contribution in [0.3, 0.4) is 0 Å². The maximum absolute atomic E-state index is 11.3. The molecule has 0 spiro atoms. The summed E-state index contributed by atoms with van der Waals surface area (Å²) in [6.07, 6.45) is -10.3. The van der Waals surface area contributed by atoms with E-state index in [2.05, 4.69) is 9.05 Å². The van der Waals surface area contributed by atoms with Crippen molar-refractivity contribution in [2.75, 3.05) is 19.8 Å². The summed E-state index contributed by atoms with van der Waals surface area (Å²) in [6, 6.07) is 0. The van der Waals surface area contributed by atoms with E-state index in [0.717, 1.165) is 0 Å². The van der Waals surface area contributed by atoms with Gasteiger partial charge in [-0.3, -0.25) is 9.05 Å². The smallest absolute Gasteiger partial charge is 0.388 e. The van der Waals surface area contributed by atoms with Gasteiger partial charge >= 0.3 is 7.82 Å². The predicted molar refractivity (Wildman–Crippen MR) is 65.7 cm³/mol. The van der Waals surface area contributed by atoms with Gasteiger partial charge in [0.25, 0.3) is 0 Å². The Kier molecular flexibility index (Phi) is 7.10. The average Bonchev–Trinajstić information content (AvgIpc) is 2.44. The third-order valence-corrected chi connectivity index (χ3v) is 3.77. The molecule has 1 aliphatic heterocycles. The number of ether oxygens (including phenoxy) is 1. The van der Waals surface area contributed by atoms with Crippen LogP contribution >= 0.6 is 7.82 Å². The maximum atomic E-state index is 11.3. The monoisotopic (exact) mass is 333 g/mol. The lowest BCUT2D eigenvalue weighted by Gasteiger charge is -2.40. The molecule has 1 fully saturated rings. The highest BCUT2D eigenvalue weighted by Gasteiger charge is 2.46. The Hall–Kier alpha value is -0.170. The Labute approximate surface area is 120 Å². The van der Waals surface area contributed by atoms with E-state index in [1.54, 1.807) is 0 Å². The van der Waals surface area contributed by atoms with Crippen molar-refractivity contribution in [3.8, 4) is 0 Å². The highest BCUT2D eigenvalue weighted by molar-refractivity contribution is 7.47. The summed E-state index contributed by atoms with van der Waals surface area (Å²) in [7, 11) is -4.43. The van der Waals surface area contributed by atoms with E-state index in [1.165, 1.54) is 0 Å². The highest BCUT2D eigenvalue weighted by atomic mass is 31.2. The lowest BCUT2D eigenvalue weighted by molar-refractivity contribution is -0.298. The summed E-state index contributed by atoms with van der Waals surface area (Å²) in [4.78, 5) is 9.21. The lowest BCUT2D eigenvalue weighted by Crippen LogP contribution is -2.61.